The van der Waals surface area contributed by atoms with Gasteiger partial charge in [-0.2, -0.15) is 0 Å². The van der Waals surface area contributed by atoms with E-state index in [-0.39, 0.29) is 24.6 Å². The van der Waals surface area contributed by atoms with Crippen LogP contribution in [0.15, 0.2) is 72.9 Å². The van der Waals surface area contributed by atoms with Gasteiger partial charge < -0.3 is 29.6 Å². The third kappa shape index (κ3) is 5.61. The van der Waals surface area contributed by atoms with Crippen LogP contribution >= 0.6 is 23.8 Å². The lowest BCUT2D eigenvalue weighted by atomic mass is 9.96. The van der Waals surface area contributed by atoms with Gasteiger partial charge >= 0.3 is 5.97 Å². The molecule has 2 aromatic carbocycles. The Kier molecular flexibility index (Phi) is 8.58. The second-order valence-corrected chi connectivity index (χ2v) is 10.6. The number of anilines is 2. The van der Waals surface area contributed by atoms with Crippen LogP contribution in [-0.2, 0) is 14.3 Å². The SMILES string of the molecule is COCC(=O)Nc1ccc(N2C(=S)N[C@@H](c3ccccn3)[C@H]2c2cc(C)n(-c3cccc(C(=O)OC)c3)c2C)cc1Cl. The number of carbonyl (C=O) groups excluding carboxylic acids is 2. The Labute approximate surface area is 254 Å². The Hall–Kier alpha value is -4.25. The average molecular weight is 604 g/mol. The van der Waals surface area contributed by atoms with Crippen molar-refractivity contribution in [2.45, 2.75) is 25.9 Å². The molecule has 0 unspecified atom stereocenters. The number of aryl methyl sites for hydroxylation is 1. The molecule has 2 N–H and O–H groups in total. The Balaban J connectivity index is 1.61. The number of thiocarbonyl (C=S) groups is 1. The minimum absolute atomic E-state index is 0.0792. The summed E-state index contributed by atoms with van der Waals surface area (Å²) in [5, 5.41) is 7.12. The summed E-state index contributed by atoms with van der Waals surface area (Å²) in [5.41, 5.74) is 6.35. The molecule has 4 aromatic rings. The number of nitrogens with one attached hydrogen (secondary N) is 2. The van der Waals surface area contributed by atoms with Crippen molar-refractivity contribution in [1.29, 1.82) is 0 Å². The number of rotatable bonds is 8. The second kappa shape index (κ2) is 12.3. The number of esters is 1. The number of methoxy groups -OCH3 is 2. The number of carbonyl (C=O) groups is 2. The number of amides is 1. The highest BCUT2D eigenvalue weighted by atomic mass is 35.5. The second-order valence-electron chi connectivity index (χ2n) is 9.85. The Morgan fingerprint density at radius 3 is 2.55 bits per heavy atom. The highest BCUT2D eigenvalue weighted by molar-refractivity contribution is 7.80. The first-order chi connectivity index (χ1) is 20.2. The first-order valence-electron chi connectivity index (χ1n) is 13.2. The number of halogens is 1. The van der Waals surface area contributed by atoms with Crippen molar-refractivity contribution in [3.63, 3.8) is 0 Å². The highest BCUT2D eigenvalue weighted by Gasteiger charge is 2.42. The van der Waals surface area contributed by atoms with Crippen molar-refractivity contribution in [3.05, 3.63) is 106 Å². The smallest absolute Gasteiger partial charge is 0.337 e. The number of hydrogen-bond acceptors (Lipinski definition) is 6. The molecular formula is C31H30ClN5O4S. The van der Waals surface area contributed by atoms with Gasteiger partial charge in [-0.1, -0.05) is 23.7 Å². The molecule has 216 valence electrons. The molecule has 1 fully saturated rings. The van der Waals surface area contributed by atoms with Crippen LogP contribution in [0.5, 0.6) is 0 Å². The van der Waals surface area contributed by atoms with E-state index in [1.165, 1.54) is 14.2 Å². The van der Waals surface area contributed by atoms with E-state index in [0.717, 1.165) is 34.0 Å². The van der Waals surface area contributed by atoms with Crippen LogP contribution in [0.1, 0.15) is 45.1 Å². The molecule has 0 radical (unpaired) electrons. The summed E-state index contributed by atoms with van der Waals surface area (Å²) in [6, 6.07) is 20.1. The molecule has 0 aliphatic carbocycles. The molecule has 11 heteroatoms. The summed E-state index contributed by atoms with van der Waals surface area (Å²) < 4.78 is 12.0. The molecule has 0 spiro atoms. The Morgan fingerprint density at radius 2 is 1.86 bits per heavy atom. The molecule has 2 aromatic heterocycles. The lowest BCUT2D eigenvalue weighted by molar-refractivity contribution is -0.119. The van der Waals surface area contributed by atoms with E-state index in [1.807, 2.05) is 61.2 Å². The van der Waals surface area contributed by atoms with E-state index in [1.54, 1.807) is 24.4 Å². The summed E-state index contributed by atoms with van der Waals surface area (Å²) in [7, 11) is 2.82. The minimum Gasteiger partial charge on any atom is -0.465 e. The van der Waals surface area contributed by atoms with Crippen molar-refractivity contribution >= 4 is 52.2 Å². The molecule has 1 aliphatic rings. The molecule has 2 atom stereocenters. The van der Waals surface area contributed by atoms with Crippen LogP contribution in [-0.4, -0.2) is 47.4 Å². The van der Waals surface area contributed by atoms with E-state index in [4.69, 9.17) is 33.3 Å². The van der Waals surface area contributed by atoms with Crippen molar-refractivity contribution in [2.24, 2.45) is 0 Å². The van der Waals surface area contributed by atoms with Crippen LogP contribution in [0, 0.1) is 13.8 Å². The highest BCUT2D eigenvalue weighted by Crippen LogP contribution is 2.44. The molecule has 3 heterocycles. The van der Waals surface area contributed by atoms with E-state index in [2.05, 4.69) is 26.3 Å². The largest absolute Gasteiger partial charge is 0.465 e. The van der Waals surface area contributed by atoms with Gasteiger partial charge in [0.15, 0.2) is 5.11 Å². The maximum Gasteiger partial charge on any atom is 0.337 e. The van der Waals surface area contributed by atoms with Gasteiger partial charge in [0.2, 0.25) is 5.91 Å². The lowest BCUT2D eigenvalue weighted by Crippen LogP contribution is -2.29. The summed E-state index contributed by atoms with van der Waals surface area (Å²) in [6.45, 7) is 3.99. The molecule has 1 aliphatic heterocycles. The maximum absolute atomic E-state index is 12.3. The van der Waals surface area contributed by atoms with Crippen molar-refractivity contribution in [2.75, 3.05) is 31.0 Å². The fourth-order valence-corrected chi connectivity index (χ4v) is 5.96. The summed E-state index contributed by atoms with van der Waals surface area (Å²) in [5.74, 6) is -0.702. The monoisotopic (exact) mass is 603 g/mol. The molecule has 9 nitrogen and oxygen atoms in total. The van der Waals surface area contributed by atoms with Gasteiger partial charge in [-0.15, -0.1) is 0 Å². The van der Waals surface area contributed by atoms with Gasteiger partial charge in [0.25, 0.3) is 0 Å². The van der Waals surface area contributed by atoms with Crippen LogP contribution in [0.2, 0.25) is 5.02 Å². The number of nitrogens with zero attached hydrogens (tertiary/aromatic N) is 3. The maximum atomic E-state index is 12.3. The zero-order valence-electron chi connectivity index (χ0n) is 23.6. The van der Waals surface area contributed by atoms with Crippen molar-refractivity contribution < 1.29 is 19.1 Å². The summed E-state index contributed by atoms with van der Waals surface area (Å²) in [6.07, 6.45) is 1.76. The lowest BCUT2D eigenvalue weighted by Gasteiger charge is -2.28. The average Bonchev–Trinajstić information content (AvgIpc) is 3.48. The third-order valence-corrected chi connectivity index (χ3v) is 7.82. The quantitative estimate of drug-likeness (QED) is 0.196. The predicted molar refractivity (Wildman–Crippen MR) is 166 cm³/mol. The van der Waals surface area contributed by atoms with Gasteiger partial charge in [0.05, 0.1) is 41.2 Å². The normalized spacial score (nSPS) is 16.3. The Bertz CT molecular complexity index is 1660. The van der Waals surface area contributed by atoms with E-state index in [9.17, 15) is 9.59 Å². The van der Waals surface area contributed by atoms with Gasteiger partial charge in [-0.3, -0.25) is 9.78 Å². The molecule has 5 rings (SSSR count). The molecule has 1 saturated heterocycles. The topological polar surface area (TPSA) is 97.7 Å². The van der Waals surface area contributed by atoms with Crippen LogP contribution in [0.4, 0.5) is 11.4 Å². The van der Waals surface area contributed by atoms with E-state index >= 15 is 0 Å². The van der Waals surface area contributed by atoms with Gasteiger partial charge in [-0.25, -0.2) is 4.79 Å². The molecule has 1 amide bonds. The standard InChI is InChI=1S/C31H30ClN5O4S/c1-18-14-23(19(2)36(18)21-9-7-8-20(15-21)30(39)41-4)29-28(26-10-5-6-13-33-26)35-31(42)37(29)22-11-12-25(24(32)16-22)34-27(38)17-40-3/h5-16,28-29H,17H2,1-4H3,(H,34,38)(H,35,42)/t28-,29+/m0/s1. The number of benzene rings is 2. The molecule has 0 bridgehead atoms. The molecule has 0 saturated carbocycles. The van der Waals surface area contributed by atoms with Crippen molar-refractivity contribution in [1.82, 2.24) is 14.9 Å². The van der Waals surface area contributed by atoms with E-state index in [0.29, 0.717) is 21.4 Å². The predicted octanol–water partition coefficient (Wildman–Crippen LogP) is 5.69. The number of pyridine rings is 1. The van der Waals surface area contributed by atoms with Crippen LogP contribution < -0.4 is 15.5 Å². The van der Waals surface area contributed by atoms with Gasteiger partial charge in [0, 0.05) is 36.1 Å². The van der Waals surface area contributed by atoms with E-state index < -0.39 is 5.97 Å². The number of aromatic nitrogens is 2. The van der Waals surface area contributed by atoms with Crippen LogP contribution in [0.25, 0.3) is 5.69 Å². The first-order valence-corrected chi connectivity index (χ1v) is 14.0. The zero-order valence-corrected chi connectivity index (χ0v) is 25.1. The number of hydrogen-bond donors (Lipinski definition) is 2. The third-order valence-electron chi connectivity index (χ3n) is 7.19. The Morgan fingerprint density at radius 1 is 1.05 bits per heavy atom. The van der Waals surface area contributed by atoms with Crippen molar-refractivity contribution in [3.8, 4) is 5.69 Å². The summed E-state index contributed by atoms with van der Waals surface area (Å²) >= 11 is 12.5. The zero-order chi connectivity index (χ0) is 30.0. The number of ether oxygens (including phenoxy) is 2. The molecule has 42 heavy (non-hydrogen) atoms. The fraction of sp³-hybridized carbons (Fsp3) is 0.226. The molecular weight excluding hydrogens is 574 g/mol. The van der Waals surface area contributed by atoms with Crippen LogP contribution in [0.3, 0.4) is 0 Å². The van der Waals surface area contributed by atoms with Gasteiger partial charge in [0.1, 0.15) is 6.61 Å². The summed E-state index contributed by atoms with van der Waals surface area (Å²) in [4.78, 5) is 31.0. The van der Waals surface area contributed by atoms with Gasteiger partial charge in [-0.05, 0) is 86.2 Å². The fourth-order valence-electron chi connectivity index (χ4n) is 5.40. The minimum atomic E-state index is -0.398. The first kappa shape index (κ1) is 29.2.